The molecule has 2 amide bonds. The van der Waals surface area contributed by atoms with E-state index in [9.17, 15) is 9.18 Å². The van der Waals surface area contributed by atoms with E-state index in [1.54, 1.807) is 24.5 Å². The van der Waals surface area contributed by atoms with Gasteiger partial charge in [0.25, 0.3) is 0 Å². The molecule has 5 heteroatoms. The van der Waals surface area contributed by atoms with Crippen molar-refractivity contribution in [1.29, 1.82) is 0 Å². The van der Waals surface area contributed by atoms with Crippen molar-refractivity contribution < 1.29 is 9.18 Å². The number of carbonyl (C=O) groups excluding carboxylic acids is 1. The molecule has 23 heavy (non-hydrogen) atoms. The minimum absolute atomic E-state index is 0.139. The van der Waals surface area contributed by atoms with Crippen molar-refractivity contribution in [3.63, 3.8) is 0 Å². The van der Waals surface area contributed by atoms with Gasteiger partial charge in [0.1, 0.15) is 5.82 Å². The first-order chi connectivity index (χ1) is 11.2. The molecule has 1 fully saturated rings. The summed E-state index contributed by atoms with van der Waals surface area (Å²) in [5.41, 5.74) is 1.66. The van der Waals surface area contributed by atoms with Crippen LogP contribution in [0.2, 0.25) is 0 Å². The molecule has 1 aliphatic rings. The van der Waals surface area contributed by atoms with Gasteiger partial charge >= 0.3 is 6.03 Å². The van der Waals surface area contributed by atoms with Gasteiger partial charge in [-0.25, -0.2) is 9.18 Å². The van der Waals surface area contributed by atoms with E-state index in [2.05, 4.69) is 10.3 Å². The van der Waals surface area contributed by atoms with Gasteiger partial charge in [-0.3, -0.25) is 4.98 Å². The molecule has 0 saturated heterocycles. The molecule has 0 spiro atoms. The van der Waals surface area contributed by atoms with Gasteiger partial charge in [-0.1, -0.05) is 12.8 Å². The van der Waals surface area contributed by atoms with Gasteiger partial charge < -0.3 is 10.2 Å². The van der Waals surface area contributed by atoms with Crippen molar-refractivity contribution in [2.45, 2.75) is 38.3 Å². The van der Waals surface area contributed by atoms with Gasteiger partial charge in [0.2, 0.25) is 0 Å². The number of nitrogens with zero attached hydrogens (tertiary/aromatic N) is 2. The number of hydrogen-bond acceptors (Lipinski definition) is 2. The summed E-state index contributed by atoms with van der Waals surface area (Å²) in [5, 5.41) is 2.87. The van der Waals surface area contributed by atoms with Crippen LogP contribution < -0.4 is 5.32 Å². The molecule has 3 rings (SSSR count). The first kappa shape index (κ1) is 15.5. The lowest BCUT2D eigenvalue weighted by molar-refractivity contribution is 0.184. The Bertz CT molecular complexity index is 639. The number of pyridine rings is 1. The average Bonchev–Trinajstić information content (AvgIpc) is 3.10. The summed E-state index contributed by atoms with van der Waals surface area (Å²) >= 11 is 0. The summed E-state index contributed by atoms with van der Waals surface area (Å²) in [6, 6.07) is 9.81. The molecule has 0 aliphatic heterocycles. The van der Waals surface area contributed by atoms with Gasteiger partial charge in [-0.2, -0.15) is 0 Å². The van der Waals surface area contributed by atoms with E-state index in [1.165, 1.54) is 12.1 Å². The molecule has 4 nitrogen and oxygen atoms in total. The van der Waals surface area contributed by atoms with Crippen LogP contribution in [0, 0.1) is 5.82 Å². The molecule has 0 radical (unpaired) electrons. The van der Waals surface area contributed by atoms with E-state index in [-0.39, 0.29) is 17.9 Å². The number of aromatic nitrogens is 1. The minimum Gasteiger partial charge on any atom is -0.317 e. The number of hydrogen-bond donors (Lipinski definition) is 1. The molecule has 0 bridgehead atoms. The third-order valence-corrected chi connectivity index (χ3v) is 4.22. The molecule has 120 valence electrons. The number of amides is 2. The van der Waals surface area contributed by atoms with Crippen molar-refractivity contribution in [2.24, 2.45) is 0 Å². The van der Waals surface area contributed by atoms with Crippen LogP contribution in [0.5, 0.6) is 0 Å². The van der Waals surface area contributed by atoms with Gasteiger partial charge in [-0.15, -0.1) is 0 Å². The molecular weight excluding hydrogens is 293 g/mol. The van der Waals surface area contributed by atoms with Gasteiger partial charge in [0.15, 0.2) is 0 Å². The molecule has 0 unspecified atom stereocenters. The van der Waals surface area contributed by atoms with E-state index >= 15 is 0 Å². The zero-order chi connectivity index (χ0) is 16.1. The van der Waals surface area contributed by atoms with Crippen molar-refractivity contribution >= 4 is 11.7 Å². The average molecular weight is 313 g/mol. The summed E-state index contributed by atoms with van der Waals surface area (Å²) in [6.07, 6.45) is 7.84. The van der Waals surface area contributed by atoms with Crippen LogP contribution in [0.3, 0.4) is 0 Å². The van der Waals surface area contributed by atoms with Crippen LogP contribution in [0.25, 0.3) is 0 Å². The van der Waals surface area contributed by atoms with Gasteiger partial charge in [-0.05, 0) is 54.8 Å². The molecule has 1 saturated carbocycles. The predicted molar refractivity (Wildman–Crippen MR) is 87.5 cm³/mol. The Balaban J connectivity index is 1.73. The number of benzene rings is 1. The normalized spacial score (nSPS) is 14.7. The Labute approximate surface area is 135 Å². The summed E-state index contributed by atoms with van der Waals surface area (Å²) < 4.78 is 13.0. The van der Waals surface area contributed by atoms with E-state index in [0.29, 0.717) is 12.2 Å². The molecule has 1 aromatic heterocycles. The number of anilines is 1. The smallest absolute Gasteiger partial charge is 0.317 e. The fourth-order valence-corrected chi connectivity index (χ4v) is 3.00. The SMILES string of the molecule is O=C(Nc1ccc(F)cc1)N(Cc1ccncc1)C1CCCC1. The minimum atomic E-state index is -0.313. The Kier molecular flexibility index (Phi) is 4.86. The van der Waals surface area contributed by atoms with Gasteiger partial charge in [0.05, 0.1) is 0 Å². The molecule has 2 aromatic rings. The molecule has 0 atom stereocenters. The molecular formula is C18H20FN3O. The third kappa shape index (κ3) is 4.06. The van der Waals surface area contributed by atoms with Crippen LogP contribution in [-0.4, -0.2) is 22.0 Å². The van der Waals surface area contributed by atoms with Crippen molar-refractivity contribution in [2.75, 3.05) is 5.32 Å². The standard InChI is InChI=1S/C18H20FN3O/c19-15-5-7-16(8-6-15)21-18(23)22(17-3-1-2-4-17)13-14-9-11-20-12-10-14/h5-12,17H,1-4,13H2,(H,21,23). The van der Waals surface area contributed by atoms with E-state index < -0.39 is 0 Å². The zero-order valence-electron chi connectivity index (χ0n) is 12.9. The highest BCUT2D eigenvalue weighted by Crippen LogP contribution is 2.25. The number of rotatable bonds is 4. The first-order valence-electron chi connectivity index (χ1n) is 7.94. The number of urea groups is 1. The van der Waals surface area contributed by atoms with Crippen molar-refractivity contribution in [3.8, 4) is 0 Å². The summed E-state index contributed by atoms with van der Waals surface area (Å²) in [5.74, 6) is -0.313. The monoisotopic (exact) mass is 313 g/mol. The van der Waals surface area contributed by atoms with Crippen LogP contribution in [0.4, 0.5) is 14.9 Å². The highest BCUT2D eigenvalue weighted by Gasteiger charge is 2.26. The Hall–Kier alpha value is -2.43. The lowest BCUT2D eigenvalue weighted by atomic mass is 10.2. The second-order valence-corrected chi connectivity index (χ2v) is 5.86. The predicted octanol–water partition coefficient (Wildman–Crippen LogP) is 4.20. The highest BCUT2D eigenvalue weighted by atomic mass is 19.1. The largest absolute Gasteiger partial charge is 0.322 e. The van der Waals surface area contributed by atoms with Crippen molar-refractivity contribution in [1.82, 2.24) is 9.88 Å². The van der Waals surface area contributed by atoms with Crippen LogP contribution in [0.1, 0.15) is 31.2 Å². The quantitative estimate of drug-likeness (QED) is 0.919. The van der Waals surface area contributed by atoms with Crippen LogP contribution in [0.15, 0.2) is 48.8 Å². The molecule has 1 N–H and O–H groups in total. The fraction of sp³-hybridized carbons (Fsp3) is 0.333. The third-order valence-electron chi connectivity index (χ3n) is 4.22. The number of nitrogens with one attached hydrogen (secondary N) is 1. The summed E-state index contributed by atoms with van der Waals surface area (Å²) in [4.78, 5) is 18.6. The number of halogens is 1. The molecule has 1 heterocycles. The molecule has 1 aromatic carbocycles. The maximum atomic E-state index is 13.0. The second kappa shape index (κ2) is 7.22. The maximum Gasteiger partial charge on any atom is 0.322 e. The topological polar surface area (TPSA) is 45.2 Å². The molecule has 1 aliphatic carbocycles. The maximum absolute atomic E-state index is 13.0. The van der Waals surface area contributed by atoms with E-state index in [1.807, 2.05) is 17.0 Å². The Morgan fingerprint density at radius 1 is 1.13 bits per heavy atom. The number of carbonyl (C=O) groups is 1. The van der Waals surface area contributed by atoms with Crippen LogP contribution in [-0.2, 0) is 6.54 Å². The summed E-state index contributed by atoms with van der Waals surface area (Å²) in [7, 11) is 0. The van der Waals surface area contributed by atoms with E-state index in [0.717, 1.165) is 31.2 Å². The summed E-state index contributed by atoms with van der Waals surface area (Å²) in [6.45, 7) is 0.556. The lowest BCUT2D eigenvalue weighted by Gasteiger charge is -2.29. The highest BCUT2D eigenvalue weighted by molar-refractivity contribution is 5.89. The fourth-order valence-electron chi connectivity index (χ4n) is 3.00. The first-order valence-corrected chi connectivity index (χ1v) is 7.94. The van der Waals surface area contributed by atoms with Crippen LogP contribution >= 0.6 is 0 Å². The van der Waals surface area contributed by atoms with E-state index in [4.69, 9.17) is 0 Å². The lowest BCUT2D eigenvalue weighted by Crippen LogP contribution is -2.41. The van der Waals surface area contributed by atoms with Crippen molar-refractivity contribution in [3.05, 3.63) is 60.2 Å². The zero-order valence-corrected chi connectivity index (χ0v) is 12.9. The second-order valence-electron chi connectivity index (χ2n) is 5.86. The van der Waals surface area contributed by atoms with Gasteiger partial charge in [0, 0.05) is 30.7 Å². The Morgan fingerprint density at radius 2 is 1.78 bits per heavy atom. The Morgan fingerprint density at radius 3 is 2.43 bits per heavy atom.